The van der Waals surface area contributed by atoms with Crippen molar-refractivity contribution in [1.82, 2.24) is 10.3 Å². The van der Waals surface area contributed by atoms with Crippen LogP contribution in [0.15, 0.2) is 57.8 Å². The topological polar surface area (TPSA) is 96.3 Å². The third-order valence-corrected chi connectivity index (χ3v) is 7.38. The normalized spacial score (nSPS) is 14.9. The van der Waals surface area contributed by atoms with Gasteiger partial charge in [0.25, 0.3) is 0 Å². The molecule has 4 rings (SSSR count). The van der Waals surface area contributed by atoms with Crippen molar-refractivity contribution in [3.05, 3.63) is 70.1 Å². The van der Waals surface area contributed by atoms with Crippen LogP contribution in [0.5, 0.6) is 5.75 Å². The maximum atomic E-state index is 13.8. The highest BCUT2D eigenvalue weighted by molar-refractivity contribution is 8.22. The minimum Gasteiger partial charge on any atom is -0.490 e. The van der Waals surface area contributed by atoms with Crippen molar-refractivity contribution in [1.29, 1.82) is 5.26 Å². The number of urea groups is 1. The third-order valence-electron chi connectivity index (χ3n) is 4.91. The number of nitrogens with one attached hydrogen (secondary N) is 2. The summed E-state index contributed by atoms with van der Waals surface area (Å²) < 4.78 is 38.4. The van der Waals surface area contributed by atoms with Crippen LogP contribution in [0.25, 0.3) is 10.9 Å². The molecule has 0 radical (unpaired) electrons. The van der Waals surface area contributed by atoms with Crippen molar-refractivity contribution in [3.8, 4) is 11.8 Å². The number of carbonyl (C=O) groups is 1. The van der Waals surface area contributed by atoms with E-state index in [2.05, 4.69) is 21.7 Å². The van der Waals surface area contributed by atoms with Crippen LogP contribution in [0, 0.1) is 23.0 Å². The van der Waals surface area contributed by atoms with E-state index in [9.17, 15) is 18.8 Å². The third kappa shape index (κ3) is 6.22. The Labute approximate surface area is 208 Å². The second kappa shape index (κ2) is 11.4. The van der Waals surface area contributed by atoms with Gasteiger partial charge < -0.3 is 20.1 Å². The molecule has 2 aromatic carbocycles. The molecule has 0 spiro atoms. The zero-order chi connectivity index (χ0) is 24.8. The fourth-order valence-electron chi connectivity index (χ4n) is 3.28. The number of rotatable bonds is 8. The van der Waals surface area contributed by atoms with Gasteiger partial charge in [0.1, 0.15) is 30.1 Å². The molecule has 11 heteroatoms. The summed E-state index contributed by atoms with van der Waals surface area (Å²) in [7, 11) is 1.58. The van der Waals surface area contributed by atoms with Crippen LogP contribution in [0.3, 0.4) is 0 Å². The van der Waals surface area contributed by atoms with Crippen molar-refractivity contribution in [2.24, 2.45) is 0 Å². The van der Waals surface area contributed by atoms with E-state index in [1.807, 2.05) is 12.1 Å². The quantitative estimate of drug-likeness (QED) is 0.376. The fraction of sp³-hybridized carbons (Fsp3) is 0.208. The fourth-order valence-corrected chi connectivity index (χ4v) is 5.72. The van der Waals surface area contributed by atoms with Crippen LogP contribution in [-0.2, 0) is 4.74 Å². The van der Waals surface area contributed by atoms with Crippen LogP contribution in [-0.4, -0.2) is 36.7 Å². The molecular weight excluding hydrogens is 494 g/mol. The van der Waals surface area contributed by atoms with Crippen LogP contribution < -0.4 is 15.4 Å². The Morgan fingerprint density at radius 3 is 2.91 bits per heavy atom. The van der Waals surface area contributed by atoms with E-state index in [0.717, 1.165) is 20.6 Å². The molecule has 1 unspecified atom stereocenters. The molecule has 0 bridgehead atoms. The lowest BCUT2D eigenvalue weighted by atomic mass is 10.1. The summed E-state index contributed by atoms with van der Waals surface area (Å²) in [4.78, 5) is 17.6. The number of hydrogen-bond donors (Lipinski definition) is 2. The zero-order valence-corrected chi connectivity index (χ0v) is 20.1. The van der Waals surface area contributed by atoms with Gasteiger partial charge in [-0.05, 0) is 30.7 Å². The Bertz CT molecular complexity index is 1330. The molecule has 2 heterocycles. The number of benzene rings is 2. The van der Waals surface area contributed by atoms with Crippen molar-refractivity contribution in [2.45, 2.75) is 16.7 Å². The van der Waals surface area contributed by atoms with E-state index >= 15 is 0 Å². The number of nitrogens with zero attached hydrogens (tertiary/aromatic N) is 2. The molecule has 1 aliphatic heterocycles. The standard InChI is InChI=1S/C24H20F2N4O3S2/c1-32-8-9-33-20-12-19-16(10-14(20)13-27)21(6-7-28-19)34-23-5-4-22(35-23)30-24(31)29-18-3-2-15(25)11-17(18)26/h2-3,5-7,10-12,22H,4,8-9H2,1H3,(H2,29,30,31). The van der Waals surface area contributed by atoms with Gasteiger partial charge in [0, 0.05) is 40.0 Å². The smallest absolute Gasteiger partial charge is 0.320 e. The first-order valence-corrected chi connectivity index (χ1v) is 12.2. The van der Waals surface area contributed by atoms with Crippen LogP contribution >= 0.6 is 23.5 Å². The Kier molecular flexibility index (Phi) is 8.07. The SMILES string of the molecule is COCCOc1cc2nccc(SC3=CCC(NC(=O)Nc4ccc(F)cc4F)S3)c2cc1C#N. The minimum atomic E-state index is -0.845. The summed E-state index contributed by atoms with van der Waals surface area (Å²) in [5, 5.41) is 15.3. The van der Waals surface area contributed by atoms with Gasteiger partial charge in [-0.3, -0.25) is 4.98 Å². The second-order valence-corrected chi connectivity index (χ2v) is 9.90. The van der Waals surface area contributed by atoms with Gasteiger partial charge >= 0.3 is 6.03 Å². The van der Waals surface area contributed by atoms with E-state index in [-0.39, 0.29) is 11.1 Å². The van der Waals surface area contributed by atoms with Gasteiger partial charge in [-0.2, -0.15) is 5.26 Å². The van der Waals surface area contributed by atoms with Crippen molar-refractivity contribution < 1.29 is 23.0 Å². The highest BCUT2D eigenvalue weighted by Crippen LogP contribution is 2.44. The first-order valence-electron chi connectivity index (χ1n) is 10.5. The summed E-state index contributed by atoms with van der Waals surface area (Å²) in [5.74, 6) is -1.11. The van der Waals surface area contributed by atoms with E-state index < -0.39 is 17.7 Å². The number of nitriles is 1. The summed E-state index contributed by atoms with van der Waals surface area (Å²) in [6, 6.07) is 9.91. The Hall–Kier alpha value is -3.33. The zero-order valence-electron chi connectivity index (χ0n) is 18.5. The second-order valence-electron chi connectivity index (χ2n) is 7.32. The molecule has 3 aromatic rings. The van der Waals surface area contributed by atoms with Gasteiger partial charge in [0.2, 0.25) is 0 Å². The lowest BCUT2D eigenvalue weighted by molar-refractivity contribution is 0.146. The van der Waals surface area contributed by atoms with Gasteiger partial charge in [-0.15, -0.1) is 0 Å². The lowest BCUT2D eigenvalue weighted by Gasteiger charge is -2.14. The number of fused-ring (bicyclic) bond motifs is 1. The van der Waals surface area contributed by atoms with Crippen molar-refractivity contribution in [3.63, 3.8) is 0 Å². The van der Waals surface area contributed by atoms with Crippen molar-refractivity contribution in [2.75, 3.05) is 25.6 Å². The van der Waals surface area contributed by atoms with Gasteiger partial charge in [0.05, 0.1) is 28.7 Å². The summed E-state index contributed by atoms with van der Waals surface area (Å²) in [6.45, 7) is 0.730. The molecule has 7 nitrogen and oxygen atoms in total. The monoisotopic (exact) mass is 514 g/mol. The highest BCUT2D eigenvalue weighted by Gasteiger charge is 2.22. The number of aromatic nitrogens is 1. The molecule has 0 saturated carbocycles. The molecule has 1 atom stereocenters. The average Bonchev–Trinajstić information content (AvgIpc) is 3.27. The Balaban J connectivity index is 1.40. The molecule has 2 amide bonds. The number of thioether (sulfide) groups is 2. The molecule has 35 heavy (non-hydrogen) atoms. The van der Waals surface area contributed by atoms with E-state index in [0.29, 0.717) is 42.5 Å². The molecule has 2 N–H and O–H groups in total. The molecule has 0 saturated heterocycles. The van der Waals surface area contributed by atoms with E-state index in [1.54, 1.807) is 25.4 Å². The molecule has 1 aliphatic rings. The van der Waals surface area contributed by atoms with Crippen LogP contribution in [0.1, 0.15) is 12.0 Å². The molecule has 0 aliphatic carbocycles. The minimum absolute atomic E-state index is 0.100. The van der Waals surface area contributed by atoms with E-state index in [1.165, 1.54) is 29.6 Å². The highest BCUT2D eigenvalue weighted by atomic mass is 32.2. The molecule has 0 fully saturated rings. The summed E-state index contributed by atoms with van der Waals surface area (Å²) in [5.41, 5.74) is 0.998. The van der Waals surface area contributed by atoms with Gasteiger partial charge in [-0.1, -0.05) is 29.6 Å². The first-order chi connectivity index (χ1) is 17.0. The predicted molar refractivity (Wildman–Crippen MR) is 132 cm³/mol. The first kappa shape index (κ1) is 24.8. The van der Waals surface area contributed by atoms with Crippen LogP contribution in [0.4, 0.5) is 19.3 Å². The number of methoxy groups -OCH3 is 1. The van der Waals surface area contributed by atoms with Crippen LogP contribution in [0.2, 0.25) is 0 Å². The summed E-state index contributed by atoms with van der Waals surface area (Å²) >= 11 is 2.97. The number of hydrogen-bond acceptors (Lipinski definition) is 7. The van der Waals surface area contributed by atoms with Crippen molar-refractivity contribution >= 4 is 46.1 Å². The Morgan fingerprint density at radius 2 is 2.14 bits per heavy atom. The molecule has 1 aromatic heterocycles. The largest absolute Gasteiger partial charge is 0.490 e. The summed E-state index contributed by atoms with van der Waals surface area (Å²) in [6.07, 6.45) is 4.27. The van der Waals surface area contributed by atoms with Gasteiger partial charge in [0.15, 0.2) is 0 Å². The van der Waals surface area contributed by atoms with Gasteiger partial charge in [-0.25, -0.2) is 13.6 Å². The number of ether oxygens (including phenoxy) is 2. The maximum Gasteiger partial charge on any atom is 0.320 e. The average molecular weight is 515 g/mol. The predicted octanol–water partition coefficient (Wildman–Crippen LogP) is 5.63. The number of pyridine rings is 1. The maximum absolute atomic E-state index is 13.8. The number of halogens is 2. The Morgan fingerprint density at radius 1 is 1.29 bits per heavy atom. The lowest BCUT2D eigenvalue weighted by Crippen LogP contribution is -2.35. The van der Waals surface area contributed by atoms with E-state index in [4.69, 9.17) is 9.47 Å². The number of carbonyl (C=O) groups excluding carboxylic acids is 1. The molecule has 180 valence electrons. The molecular formula is C24H20F2N4O3S2. The number of anilines is 1. The number of amides is 2.